The van der Waals surface area contributed by atoms with Gasteiger partial charge in [-0.15, -0.1) is 0 Å². The number of quaternary nitrogens is 1. The van der Waals surface area contributed by atoms with Gasteiger partial charge in [0.05, 0.1) is 19.6 Å². The molecule has 0 aliphatic carbocycles. The minimum Gasteiger partial charge on any atom is -0.320 e. The molecule has 0 fully saturated rings. The van der Waals surface area contributed by atoms with E-state index in [2.05, 4.69) is 58.0 Å². The molecule has 1 aromatic rings. The van der Waals surface area contributed by atoms with E-state index < -0.39 is 0 Å². The van der Waals surface area contributed by atoms with Gasteiger partial charge in [0.25, 0.3) is 0 Å². The average molecular weight is 445 g/mol. The van der Waals surface area contributed by atoms with Crippen LogP contribution in [-0.2, 0) is 6.54 Å². The number of hydrogen-bond donors (Lipinski definition) is 0. The number of hydrogen-bond acceptors (Lipinski definition) is 0. The minimum absolute atomic E-state index is 0.766. The van der Waals surface area contributed by atoms with Crippen molar-refractivity contribution in [3.05, 3.63) is 35.9 Å². The van der Waals surface area contributed by atoms with E-state index in [0.29, 0.717) is 0 Å². The fourth-order valence-electron chi connectivity index (χ4n) is 5.42. The van der Waals surface area contributed by atoms with E-state index in [0.717, 1.165) is 5.92 Å². The van der Waals surface area contributed by atoms with Gasteiger partial charge in [0.15, 0.2) is 0 Å². The average Bonchev–Trinajstić information content (AvgIpc) is 2.77. The molecule has 0 saturated heterocycles. The van der Waals surface area contributed by atoms with Crippen LogP contribution in [0.1, 0.15) is 136 Å². The number of unbranched alkanes of at least 4 members (excludes halogenated alkanes) is 14. The second kappa shape index (κ2) is 19.6. The Balaban J connectivity index is 2.56. The number of benzene rings is 1. The van der Waals surface area contributed by atoms with Gasteiger partial charge in [-0.25, -0.2) is 0 Å². The van der Waals surface area contributed by atoms with Crippen LogP contribution in [0.15, 0.2) is 30.3 Å². The fraction of sp³-hybridized carbons (Fsp3) is 0.806. The quantitative estimate of drug-likeness (QED) is 0.123. The van der Waals surface area contributed by atoms with Crippen molar-refractivity contribution >= 4 is 0 Å². The molecule has 0 atom stereocenters. The Morgan fingerprint density at radius 1 is 0.562 bits per heavy atom. The smallest absolute Gasteiger partial charge is 0.104 e. The molecule has 0 amide bonds. The van der Waals surface area contributed by atoms with Gasteiger partial charge in [-0.2, -0.15) is 0 Å². The largest absolute Gasteiger partial charge is 0.320 e. The lowest BCUT2D eigenvalue weighted by atomic mass is 10.0. The van der Waals surface area contributed by atoms with Crippen LogP contribution in [0.5, 0.6) is 0 Å². The van der Waals surface area contributed by atoms with Gasteiger partial charge in [0, 0.05) is 11.5 Å². The van der Waals surface area contributed by atoms with Crippen LogP contribution < -0.4 is 0 Å². The van der Waals surface area contributed by atoms with Crippen molar-refractivity contribution in [1.29, 1.82) is 0 Å². The fourth-order valence-corrected chi connectivity index (χ4v) is 5.42. The molecule has 0 heterocycles. The minimum atomic E-state index is 0.766. The molecule has 1 rings (SSSR count). The van der Waals surface area contributed by atoms with Crippen molar-refractivity contribution in [3.8, 4) is 0 Å². The van der Waals surface area contributed by atoms with E-state index >= 15 is 0 Å². The van der Waals surface area contributed by atoms with Gasteiger partial charge < -0.3 is 4.48 Å². The van der Waals surface area contributed by atoms with Crippen molar-refractivity contribution in [1.82, 2.24) is 0 Å². The van der Waals surface area contributed by atoms with Crippen LogP contribution >= 0.6 is 0 Å². The first-order chi connectivity index (χ1) is 15.6. The molecule has 0 aliphatic rings. The third-order valence-electron chi connectivity index (χ3n) is 7.09. The SMILES string of the molecule is CCCCCCCCCC[N+](CCCCCCCCCC)(Cc1ccccc1)CC(C)C. The summed E-state index contributed by atoms with van der Waals surface area (Å²) >= 11 is 0. The van der Waals surface area contributed by atoms with Crippen LogP contribution in [0.4, 0.5) is 0 Å². The summed E-state index contributed by atoms with van der Waals surface area (Å²) in [5.74, 6) is 0.766. The zero-order valence-corrected chi connectivity index (χ0v) is 22.6. The van der Waals surface area contributed by atoms with E-state index in [1.807, 2.05) is 0 Å². The lowest BCUT2D eigenvalue weighted by Crippen LogP contribution is -2.50. The van der Waals surface area contributed by atoms with E-state index in [1.54, 1.807) is 0 Å². The molecule has 186 valence electrons. The second-order valence-electron chi connectivity index (χ2n) is 11.0. The summed E-state index contributed by atoms with van der Waals surface area (Å²) in [7, 11) is 0. The van der Waals surface area contributed by atoms with Crippen LogP contribution in [0.3, 0.4) is 0 Å². The Labute approximate surface area is 203 Å². The Hall–Kier alpha value is -0.820. The van der Waals surface area contributed by atoms with Gasteiger partial charge in [-0.3, -0.25) is 0 Å². The van der Waals surface area contributed by atoms with Crippen molar-refractivity contribution in [2.24, 2.45) is 5.92 Å². The summed E-state index contributed by atoms with van der Waals surface area (Å²) in [6.45, 7) is 14.8. The molecular weight excluding hydrogens is 386 g/mol. The van der Waals surface area contributed by atoms with Gasteiger partial charge in [0.2, 0.25) is 0 Å². The Morgan fingerprint density at radius 3 is 1.38 bits per heavy atom. The van der Waals surface area contributed by atoms with Gasteiger partial charge in [-0.05, 0) is 25.7 Å². The highest BCUT2D eigenvalue weighted by molar-refractivity contribution is 5.13. The van der Waals surface area contributed by atoms with E-state index in [4.69, 9.17) is 0 Å². The molecule has 1 nitrogen and oxygen atoms in total. The lowest BCUT2D eigenvalue weighted by Gasteiger charge is -2.41. The van der Waals surface area contributed by atoms with Gasteiger partial charge >= 0.3 is 0 Å². The van der Waals surface area contributed by atoms with E-state index in [-0.39, 0.29) is 0 Å². The highest BCUT2D eigenvalue weighted by atomic mass is 15.3. The summed E-state index contributed by atoms with van der Waals surface area (Å²) in [4.78, 5) is 0. The van der Waals surface area contributed by atoms with Crippen molar-refractivity contribution in [2.45, 2.75) is 137 Å². The van der Waals surface area contributed by atoms with E-state index in [9.17, 15) is 0 Å². The summed E-state index contributed by atoms with van der Waals surface area (Å²) in [6, 6.07) is 11.3. The predicted octanol–water partition coefficient (Wildman–Crippen LogP) is 9.94. The standard InChI is InChI=1S/C31H58N/c1-5-7-9-11-13-15-17-22-26-32(28-30(3)4,29-31-24-20-19-21-25-31)27-23-18-16-14-12-10-8-6-2/h19-21,24-25,30H,5-18,22-23,26-29H2,1-4H3/q+1. The first-order valence-corrected chi connectivity index (χ1v) is 14.5. The predicted molar refractivity (Wildman–Crippen MR) is 145 cm³/mol. The third kappa shape index (κ3) is 15.1. The Kier molecular flexibility index (Phi) is 17.9. The lowest BCUT2D eigenvalue weighted by molar-refractivity contribution is -0.944. The third-order valence-corrected chi connectivity index (χ3v) is 7.09. The normalized spacial score (nSPS) is 12.0. The summed E-state index contributed by atoms with van der Waals surface area (Å²) in [6.07, 6.45) is 22.8. The molecule has 0 bridgehead atoms. The topological polar surface area (TPSA) is 0 Å². The molecule has 1 aromatic carbocycles. The molecule has 0 saturated carbocycles. The maximum absolute atomic E-state index is 2.43. The monoisotopic (exact) mass is 444 g/mol. The molecule has 0 aromatic heterocycles. The Morgan fingerprint density at radius 2 is 0.969 bits per heavy atom. The number of nitrogens with zero attached hydrogens (tertiary/aromatic N) is 1. The van der Waals surface area contributed by atoms with Crippen LogP contribution in [-0.4, -0.2) is 24.1 Å². The molecule has 32 heavy (non-hydrogen) atoms. The number of rotatable bonds is 22. The first kappa shape index (κ1) is 29.2. The molecular formula is C31H58N+. The van der Waals surface area contributed by atoms with Crippen LogP contribution in [0, 0.1) is 5.92 Å². The molecule has 0 spiro atoms. The summed E-state index contributed by atoms with van der Waals surface area (Å²) < 4.78 is 1.31. The summed E-state index contributed by atoms with van der Waals surface area (Å²) in [5.41, 5.74) is 1.53. The molecule has 0 N–H and O–H groups in total. The zero-order chi connectivity index (χ0) is 23.3. The second-order valence-corrected chi connectivity index (χ2v) is 11.0. The maximum Gasteiger partial charge on any atom is 0.104 e. The molecule has 0 aliphatic heterocycles. The van der Waals surface area contributed by atoms with Gasteiger partial charge in [0.1, 0.15) is 6.54 Å². The Bertz CT molecular complexity index is 486. The summed E-state index contributed by atoms with van der Waals surface area (Å²) in [5, 5.41) is 0. The molecule has 0 radical (unpaired) electrons. The van der Waals surface area contributed by atoms with E-state index in [1.165, 1.54) is 139 Å². The van der Waals surface area contributed by atoms with Gasteiger partial charge in [-0.1, -0.05) is 135 Å². The van der Waals surface area contributed by atoms with Crippen molar-refractivity contribution in [2.75, 3.05) is 19.6 Å². The zero-order valence-electron chi connectivity index (χ0n) is 22.6. The van der Waals surface area contributed by atoms with Crippen LogP contribution in [0.25, 0.3) is 0 Å². The highest BCUT2D eigenvalue weighted by Crippen LogP contribution is 2.22. The molecule has 0 unspecified atom stereocenters. The molecule has 1 heteroatoms. The highest BCUT2D eigenvalue weighted by Gasteiger charge is 2.28. The van der Waals surface area contributed by atoms with Crippen LogP contribution in [0.2, 0.25) is 0 Å². The maximum atomic E-state index is 2.43. The first-order valence-electron chi connectivity index (χ1n) is 14.5. The van der Waals surface area contributed by atoms with Crippen molar-refractivity contribution < 1.29 is 4.48 Å². The van der Waals surface area contributed by atoms with Crippen molar-refractivity contribution in [3.63, 3.8) is 0 Å².